The van der Waals surface area contributed by atoms with Crippen LogP contribution in [-0.2, 0) is 14.3 Å². The molecule has 1 saturated heterocycles. The molecule has 1 fully saturated rings. The van der Waals surface area contributed by atoms with E-state index in [1.54, 1.807) is 4.90 Å². The van der Waals surface area contributed by atoms with Crippen molar-refractivity contribution in [2.45, 2.75) is 52.5 Å². The number of rotatable bonds is 5. The predicted octanol–water partition coefficient (Wildman–Crippen LogP) is 1.28. The number of hydrogen-bond acceptors (Lipinski definition) is 4. The van der Waals surface area contributed by atoms with E-state index in [2.05, 4.69) is 36.1 Å². The zero-order valence-corrected chi connectivity index (χ0v) is 14.6. The normalized spacial score (nSPS) is 15.9. The van der Waals surface area contributed by atoms with Gasteiger partial charge >= 0.3 is 12.0 Å². The number of carbonyl (C=O) groups excluding carboxylic acids is 3. The van der Waals surface area contributed by atoms with Crippen molar-refractivity contribution in [3.8, 4) is 0 Å². The first kappa shape index (κ1) is 19.3. The summed E-state index contributed by atoms with van der Waals surface area (Å²) in [6, 6.07) is 0.0159. The summed E-state index contributed by atoms with van der Waals surface area (Å²) >= 11 is 0. The molecule has 1 aliphatic rings. The highest BCUT2D eigenvalue weighted by Crippen LogP contribution is 2.13. The van der Waals surface area contributed by atoms with E-state index >= 15 is 0 Å². The van der Waals surface area contributed by atoms with Crippen LogP contribution >= 0.6 is 0 Å². The first-order chi connectivity index (χ1) is 10.7. The summed E-state index contributed by atoms with van der Waals surface area (Å²) in [6.45, 7) is 8.10. The molecule has 7 heteroatoms. The molecule has 1 aliphatic heterocycles. The van der Waals surface area contributed by atoms with Crippen LogP contribution in [0.4, 0.5) is 4.79 Å². The minimum atomic E-state index is -0.384. The number of piperidine rings is 1. The van der Waals surface area contributed by atoms with Gasteiger partial charge in [0.25, 0.3) is 0 Å². The summed E-state index contributed by atoms with van der Waals surface area (Å²) in [7, 11) is 1.31. The van der Waals surface area contributed by atoms with Gasteiger partial charge in [-0.2, -0.15) is 0 Å². The molecule has 1 rings (SSSR count). The Kier molecular flexibility index (Phi) is 7.32. The zero-order valence-electron chi connectivity index (χ0n) is 14.6. The van der Waals surface area contributed by atoms with Crippen molar-refractivity contribution in [1.82, 2.24) is 15.5 Å². The predicted molar refractivity (Wildman–Crippen MR) is 86.8 cm³/mol. The summed E-state index contributed by atoms with van der Waals surface area (Å²) in [6.07, 6.45) is 1.69. The van der Waals surface area contributed by atoms with Crippen molar-refractivity contribution in [2.75, 3.05) is 26.7 Å². The van der Waals surface area contributed by atoms with Crippen LogP contribution in [0.2, 0.25) is 0 Å². The average molecular weight is 327 g/mol. The number of hydrogen-bond donors (Lipinski definition) is 2. The van der Waals surface area contributed by atoms with Gasteiger partial charge in [-0.1, -0.05) is 20.8 Å². The van der Waals surface area contributed by atoms with Crippen LogP contribution in [0.5, 0.6) is 0 Å². The maximum atomic E-state index is 12.1. The molecule has 0 spiro atoms. The molecule has 0 bridgehead atoms. The third kappa shape index (κ3) is 7.85. The fourth-order valence-electron chi connectivity index (χ4n) is 2.30. The van der Waals surface area contributed by atoms with Gasteiger partial charge in [0.2, 0.25) is 5.91 Å². The lowest BCUT2D eigenvalue weighted by molar-refractivity contribution is -0.142. The van der Waals surface area contributed by atoms with Crippen molar-refractivity contribution in [1.29, 1.82) is 0 Å². The number of likely N-dealkylation sites (tertiary alicyclic amines) is 1. The van der Waals surface area contributed by atoms with E-state index in [-0.39, 0.29) is 42.2 Å². The SMILES string of the molecule is COC(=O)CCC(=O)NC1CCN(C(=O)NCC(C)(C)C)CC1. The van der Waals surface area contributed by atoms with E-state index in [1.807, 2.05) is 0 Å². The van der Waals surface area contributed by atoms with Gasteiger partial charge in [0.1, 0.15) is 0 Å². The van der Waals surface area contributed by atoms with Crippen molar-refractivity contribution in [3.63, 3.8) is 0 Å². The molecule has 1 heterocycles. The number of methoxy groups -OCH3 is 1. The van der Waals surface area contributed by atoms with Crippen LogP contribution < -0.4 is 10.6 Å². The molecule has 23 heavy (non-hydrogen) atoms. The molecule has 0 unspecified atom stereocenters. The number of carbonyl (C=O) groups is 3. The molecule has 0 atom stereocenters. The minimum absolute atomic E-state index is 0.0459. The number of amides is 3. The topological polar surface area (TPSA) is 87.7 Å². The second-order valence-electron chi connectivity index (χ2n) is 7.12. The second-order valence-corrected chi connectivity index (χ2v) is 7.12. The third-order valence-electron chi connectivity index (χ3n) is 3.70. The second kappa shape index (κ2) is 8.74. The first-order valence-electron chi connectivity index (χ1n) is 8.10. The highest BCUT2D eigenvalue weighted by atomic mass is 16.5. The van der Waals surface area contributed by atoms with E-state index < -0.39 is 0 Å². The molecule has 0 saturated carbocycles. The van der Waals surface area contributed by atoms with Gasteiger partial charge < -0.3 is 20.3 Å². The standard InChI is InChI=1S/C16H29N3O4/c1-16(2,3)11-17-15(22)19-9-7-12(8-10-19)18-13(20)5-6-14(21)23-4/h12H,5-11H2,1-4H3,(H,17,22)(H,18,20). The number of ether oxygens (including phenoxy) is 1. The summed E-state index contributed by atoms with van der Waals surface area (Å²) < 4.78 is 4.51. The highest BCUT2D eigenvalue weighted by Gasteiger charge is 2.24. The lowest BCUT2D eigenvalue weighted by atomic mass is 9.97. The van der Waals surface area contributed by atoms with Crippen molar-refractivity contribution >= 4 is 17.9 Å². The maximum Gasteiger partial charge on any atom is 0.317 e. The van der Waals surface area contributed by atoms with Gasteiger partial charge in [-0.25, -0.2) is 4.79 Å². The Morgan fingerprint density at radius 3 is 2.26 bits per heavy atom. The third-order valence-corrected chi connectivity index (χ3v) is 3.70. The fourth-order valence-corrected chi connectivity index (χ4v) is 2.30. The fraction of sp³-hybridized carbons (Fsp3) is 0.812. The number of urea groups is 1. The molecular weight excluding hydrogens is 298 g/mol. The van der Waals surface area contributed by atoms with E-state index in [1.165, 1.54) is 7.11 Å². The van der Waals surface area contributed by atoms with Gasteiger partial charge in [-0.15, -0.1) is 0 Å². The summed E-state index contributed by atoms with van der Waals surface area (Å²) in [5.41, 5.74) is 0.0571. The number of nitrogens with zero attached hydrogens (tertiary/aromatic N) is 1. The van der Waals surface area contributed by atoms with Gasteiger partial charge in [0, 0.05) is 32.1 Å². The molecule has 2 N–H and O–H groups in total. The lowest BCUT2D eigenvalue weighted by Crippen LogP contribution is -2.50. The highest BCUT2D eigenvalue weighted by molar-refractivity contribution is 5.81. The van der Waals surface area contributed by atoms with Crippen molar-refractivity contribution in [3.05, 3.63) is 0 Å². The Hall–Kier alpha value is -1.79. The van der Waals surface area contributed by atoms with E-state index in [9.17, 15) is 14.4 Å². The quantitative estimate of drug-likeness (QED) is 0.745. The molecule has 3 amide bonds. The summed E-state index contributed by atoms with van der Waals surface area (Å²) in [4.78, 5) is 36.6. The van der Waals surface area contributed by atoms with E-state index in [0.717, 1.165) is 12.8 Å². The molecule has 0 aromatic carbocycles. The van der Waals surface area contributed by atoms with Gasteiger partial charge in [0.05, 0.1) is 13.5 Å². The van der Waals surface area contributed by atoms with Crippen LogP contribution in [0.1, 0.15) is 46.5 Å². The van der Waals surface area contributed by atoms with E-state index in [0.29, 0.717) is 19.6 Å². The molecular formula is C16H29N3O4. The smallest absolute Gasteiger partial charge is 0.317 e. The molecule has 0 aromatic rings. The summed E-state index contributed by atoms with van der Waals surface area (Å²) in [5.74, 6) is -0.531. The Labute approximate surface area is 138 Å². The molecule has 0 aromatic heterocycles. The van der Waals surface area contributed by atoms with Gasteiger partial charge in [0.15, 0.2) is 0 Å². The van der Waals surface area contributed by atoms with Gasteiger partial charge in [-0.3, -0.25) is 9.59 Å². The maximum absolute atomic E-state index is 12.1. The van der Waals surface area contributed by atoms with Crippen LogP contribution in [-0.4, -0.2) is 55.6 Å². The number of nitrogens with one attached hydrogen (secondary N) is 2. The molecule has 132 valence electrons. The van der Waals surface area contributed by atoms with Crippen LogP contribution in [0.15, 0.2) is 0 Å². The van der Waals surface area contributed by atoms with Gasteiger partial charge in [-0.05, 0) is 18.3 Å². The zero-order chi connectivity index (χ0) is 17.5. The minimum Gasteiger partial charge on any atom is -0.469 e. The Bertz CT molecular complexity index is 424. The Balaban J connectivity index is 2.25. The molecule has 7 nitrogen and oxygen atoms in total. The molecule has 0 aliphatic carbocycles. The summed E-state index contributed by atoms with van der Waals surface area (Å²) in [5, 5.41) is 5.84. The molecule has 0 radical (unpaired) electrons. The number of esters is 1. The Morgan fingerprint density at radius 1 is 1.13 bits per heavy atom. The monoisotopic (exact) mass is 327 g/mol. The largest absolute Gasteiger partial charge is 0.469 e. The van der Waals surface area contributed by atoms with Crippen molar-refractivity contribution < 1.29 is 19.1 Å². The van der Waals surface area contributed by atoms with Crippen molar-refractivity contribution in [2.24, 2.45) is 5.41 Å². The lowest BCUT2D eigenvalue weighted by Gasteiger charge is -2.33. The van der Waals surface area contributed by atoms with E-state index in [4.69, 9.17) is 0 Å². The Morgan fingerprint density at radius 2 is 1.74 bits per heavy atom. The average Bonchev–Trinajstić information content (AvgIpc) is 2.50. The van der Waals surface area contributed by atoms with Crippen LogP contribution in [0.25, 0.3) is 0 Å². The van der Waals surface area contributed by atoms with Crippen LogP contribution in [0, 0.1) is 5.41 Å². The van der Waals surface area contributed by atoms with Crippen LogP contribution in [0.3, 0.4) is 0 Å². The first-order valence-corrected chi connectivity index (χ1v) is 8.10.